The molecule has 36 heavy (non-hydrogen) atoms. The van der Waals surface area contributed by atoms with E-state index in [1.54, 1.807) is 0 Å². The summed E-state index contributed by atoms with van der Waals surface area (Å²) < 4.78 is 46.2. The molecule has 10 nitrogen and oxygen atoms in total. The van der Waals surface area contributed by atoms with Crippen molar-refractivity contribution in [2.24, 2.45) is 0 Å². The largest absolute Gasteiger partial charge is 0.481 e. The van der Waals surface area contributed by atoms with Gasteiger partial charge in [0.15, 0.2) is 15.7 Å². The van der Waals surface area contributed by atoms with Crippen molar-refractivity contribution < 1.29 is 27.4 Å². The predicted molar refractivity (Wildman–Crippen MR) is 131 cm³/mol. The van der Waals surface area contributed by atoms with Gasteiger partial charge < -0.3 is 20.1 Å². The zero-order valence-electron chi connectivity index (χ0n) is 19.9. The van der Waals surface area contributed by atoms with Gasteiger partial charge in [-0.2, -0.15) is 4.98 Å². The number of carboxylic acids is 1. The van der Waals surface area contributed by atoms with E-state index in [0.717, 1.165) is 58.3 Å². The summed E-state index contributed by atoms with van der Waals surface area (Å²) in [4.78, 5) is 24.7. The number of nitrogens with one attached hydrogen (secondary N) is 1. The number of aromatic nitrogens is 2. The first kappa shape index (κ1) is 24.8. The minimum absolute atomic E-state index is 0.0115. The Balaban J connectivity index is 1.42. The SMILES string of the molecule is O=C(O)Cc1ccc(Nc2nc(N3CCC(N4CCOCC4)CC3)nc3c2S(=O)(=O)CCC3)c(F)c1. The molecule has 0 amide bonds. The number of benzene rings is 1. The molecule has 0 radical (unpaired) electrons. The number of sulfone groups is 1. The van der Waals surface area contributed by atoms with E-state index >= 15 is 0 Å². The molecule has 1 aromatic carbocycles. The summed E-state index contributed by atoms with van der Waals surface area (Å²) in [5.41, 5.74) is 0.793. The molecular weight excluding hydrogens is 489 g/mol. The molecule has 2 N–H and O–H groups in total. The number of carboxylic acid groups (broad SMARTS) is 1. The van der Waals surface area contributed by atoms with E-state index in [0.29, 0.717) is 36.1 Å². The molecule has 3 aliphatic rings. The Kier molecular flexibility index (Phi) is 7.09. The van der Waals surface area contributed by atoms with E-state index < -0.39 is 21.6 Å². The van der Waals surface area contributed by atoms with Crippen LogP contribution in [0, 0.1) is 5.82 Å². The fourth-order valence-electron chi connectivity index (χ4n) is 5.18. The number of piperidine rings is 1. The molecule has 4 heterocycles. The summed E-state index contributed by atoms with van der Waals surface area (Å²) in [6.07, 6.45) is 2.56. The van der Waals surface area contributed by atoms with Crippen LogP contribution in [-0.2, 0) is 32.2 Å². The summed E-state index contributed by atoms with van der Waals surface area (Å²) in [6.45, 7) is 4.86. The fourth-order valence-corrected chi connectivity index (χ4v) is 6.81. The number of hydrogen-bond donors (Lipinski definition) is 2. The molecule has 2 aromatic rings. The lowest BCUT2D eigenvalue weighted by Crippen LogP contribution is -2.49. The normalized spacial score (nSPS) is 20.6. The van der Waals surface area contributed by atoms with E-state index in [9.17, 15) is 17.6 Å². The van der Waals surface area contributed by atoms with Gasteiger partial charge in [-0.25, -0.2) is 17.8 Å². The molecule has 0 saturated carbocycles. The van der Waals surface area contributed by atoms with Crippen LogP contribution in [0.1, 0.15) is 30.5 Å². The second kappa shape index (κ2) is 10.3. The van der Waals surface area contributed by atoms with Gasteiger partial charge >= 0.3 is 5.97 Å². The van der Waals surface area contributed by atoms with E-state index in [1.807, 2.05) is 0 Å². The topological polar surface area (TPSA) is 125 Å². The maximum atomic E-state index is 14.8. The van der Waals surface area contributed by atoms with Crippen molar-refractivity contribution in [1.82, 2.24) is 14.9 Å². The summed E-state index contributed by atoms with van der Waals surface area (Å²) >= 11 is 0. The van der Waals surface area contributed by atoms with Crippen LogP contribution in [0.2, 0.25) is 0 Å². The average molecular weight is 520 g/mol. The first-order chi connectivity index (χ1) is 17.3. The van der Waals surface area contributed by atoms with Crippen LogP contribution in [0.3, 0.4) is 0 Å². The number of hydrogen-bond acceptors (Lipinski definition) is 9. The third kappa shape index (κ3) is 5.30. The number of ether oxygens (including phenoxy) is 1. The molecule has 2 fully saturated rings. The summed E-state index contributed by atoms with van der Waals surface area (Å²) in [5.74, 6) is -1.25. The molecular formula is C24H30FN5O5S. The van der Waals surface area contributed by atoms with Crippen molar-refractivity contribution in [1.29, 1.82) is 0 Å². The first-order valence-electron chi connectivity index (χ1n) is 12.3. The van der Waals surface area contributed by atoms with Gasteiger partial charge in [-0.1, -0.05) is 6.07 Å². The number of anilines is 3. The lowest BCUT2D eigenvalue weighted by atomic mass is 10.0. The molecule has 1 aromatic heterocycles. The van der Waals surface area contributed by atoms with Gasteiger partial charge in [0, 0.05) is 32.2 Å². The van der Waals surface area contributed by atoms with Crippen LogP contribution in [0.4, 0.5) is 21.8 Å². The summed E-state index contributed by atoms with van der Waals surface area (Å²) in [5, 5.41) is 11.8. The highest BCUT2D eigenvalue weighted by atomic mass is 32.2. The molecule has 12 heteroatoms. The van der Waals surface area contributed by atoms with Crippen LogP contribution < -0.4 is 10.2 Å². The second-order valence-electron chi connectivity index (χ2n) is 9.45. The third-order valence-corrected chi connectivity index (χ3v) is 8.89. The Morgan fingerprint density at radius 1 is 1.17 bits per heavy atom. The van der Waals surface area contributed by atoms with Crippen LogP contribution in [0.25, 0.3) is 0 Å². The highest BCUT2D eigenvalue weighted by molar-refractivity contribution is 7.91. The number of morpholine rings is 1. The van der Waals surface area contributed by atoms with Crippen molar-refractivity contribution in [3.8, 4) is 0 Å². The molecule has 0 atom stereocenters. The number of fused-ring (bicyclic) bond motifs is 1. The average Bonchev–Trinajstić information content (AvgIpc) is 2.85. The van der Waals surface area contributed by atoms with Crippen LogP contribution in [0.15, 0.2) is 23.1 Å². The Labute approximate surface area is 209 Å². The maximum Gasteiger partial charge on any atom is 0.307 e. The summed E-state index contributed by atoms with van der Waals surface area (Å²) in [7, 11) is -3.63. The highest BCUT2D eigenvalue weighted by Gasteiger charge is 2.33. The standard InChI is InChI=1S/C24H30FN5O5S/c25-18-14-16(15-21(31)32)3-4-19(18)26-23-22-20(2-1-13-36(22,33)34)27-24(28-23)30-7-5-17(6-8-30)29-9-11-35-12-10-29/h3-4,14,17H,1-2,5-13,15H2,(H,31,32)(H,26,27,28). The molecule has 2 saturated heterocycles. The monoisotopic (exact) mass is 519 g/mol. The van der Waals surface area contributed by atoms with Crippen molar-refractivity contribution in [2.75, 3.05) is 55.4 Å². The smallest absolute Gasteiger partial charge is 0.307 e. The van der Waals surface area contributed by atoms with Gasteiger partial charge in [0.2, 0.25) is 5.95 Å². The molecule has 0 bridgehead atoms. The van der Waals surface area contributed by atoms with Crippen LogP contribution in [-0.4, -0.2) is 85.5 Å². The van der Waals surface area contributed by atoms with E-state index in [4.69, 9.17) is 9.84 Å². The number of rotatable bonds is 6. The lowest BCUT2D eigenvalue weighted by Gasteiger charge is -2.40. The quantitative estimate of drug-likeness (QED) is 0.585. The fraction of sp³-hybridized carbons (Fsp3) is 0.542. The van der Waals surface area contributed by atoms with Crippen molar-refractivity contribution in [3.05, 3.63) is 35.3 Å². The van der Waals surface area contributed by atoms with Crippen molar-refractivity contribution >= 4 is 33.3 Å². The maximum absolute atomic E-state index is 14.8. The molecule has 3 aliphatic heterocycles. The third-order valence-electron chi connectivity index (χ3n) is 7.01. The van der Waals surface area contributed by atoms with Crippen molar-refractivity contribution in [2.45, 2.75) is 43.0 Å². The molecule has 5 rings (SSSR count). The predicted octanol–water partition coefficient (Wildman–Crippen LogP) is 2.01. The first-order valence-corrected chi connectivity index (χ1v) is 13.9. The lowest BCUT2D eigenvalue weighted by molar-refractivity contribution is -0.136. The van der Waals surface area contributed by atoms with Crippen LogP contribution in [0.5, 0.6) is 0 Å². The summed E-state index contributed by atoms with van der Waals surface area (Å²) in [6, 6.07) is 4.51. The second-order valence-corrected chi connectivity index (χ2v) is 11.5. The minimum atomic E-state index is -3.63. The number of aryl methyl sites for hydroxylation is 1. The van der Waals surface area contributed by atoms with Gasteiger partial charge in [-0.05, 0) is 43.4 Å². The molecule has 0 spiro atoms. The molecule has 0 unspecified atom stereocenters. The Morgan fingerprint density at radius 2 is 1.92 bits per heavy atom. The van der Waals surface area contributed by atoms with Crippen molar-refractivity contribution in [3.63, 3.8) is 0 Å². The molecule has 194 valence electrons. The Hall–Kier alpha value is -2.83. The number of carbonyl (C=O) groups is 1. The van der Waals surface area contributed by atoms with Gasteiger partial charge in [0.1, 0.15) is 10.7 Å². The zero-order chi connectivity index (χ0) is 25.3. The minimum Gasteiger partial charge on any atom is -0.481 e. The van der Waals surface area contributed by atoms with Gasteiger partial charge in [0.05, 0.1) is 36.8 Å². The zero-order valence-corrected chi connectivity index (χ0v) is 20.8. The Morgan fingerprint density at radius 3 is 2.61 bits per heavy atom. The number of nitrogens with zero attached hydrogens (tertiary/aromatic N) is 4. The number of aliphatic carboxylic acids is 1. The highest BCUT2D eigenvalue weighted by Crippen LogP contribution is 2.34. The van der Waals surface area contributed by atoms with Gasteiger partial charge in [0.25, 0.3) is 0 Å². The van der Waals surface area contributed by atoms with Gasteiger partial charge in [-0.3, -0.25) is 9.69 Å². The van der Waals surface area contributed by atoms with Gasteiger partial charge in [-0.15, -0.1) is 0 Å². The van der Waals surface area contributed by atoms with Crippen LogP contribution >= 0.6 is 0 Å². The Bertz CT molecular complexity index is 1240. The van der Waals surface area contributed by atoms with E-state index in [2.05, 4.69) is 25.1 Å². The number of halogens is 1. The van der Waals surface area contributed by atoms with E-state index in [1.165, 1.54) is 12.1 Å². The molecule has 0 aliphatic carbocycles. The van der Waals surface area contributed by atoms with E-state index in [-0.39, 0.29) is 28.6 Å².